The molecule has 0 aromatic rings. The summed E-state index contributed by atoms with van der Waals surface area (Å²) in [5, 5.41) is 3.28. The third kappa shape index (κ3) is 4.46. The summed E-state index contributed by atoms with van der Waals surface area (Å²) in [6.07, 6.45) is 4.87. The smallest absolute Gasteiger partial charge is 0.325 e. The summed E-state index contributed by atoms with van der Waals surface area (Å²) in [6, 6.07) is 0.365. The number of methoxy groups -OCH3 is 1. The minimum atomic E-state index is -0.587. The first-order valence-electron chi connectivity index (χ1n) is 7.46. The van der Waals surface area contributed by atoms with Crippen LogP contribution in [0.15, 0.2) is 0 Å². The van der Waals surface area contributed by atoms with Gasteiger partial charge in [0.25, 0.3) is 0 Å². The lowest BCUT2D eigenvalue weighted by molar-refractivity contribution is -0.148. The Kier molecular flexibility index (Phi) is 6.27. The first kappa shape index (κ1) is 16.4. The van der Waals surface area contributed by atoms with Gasteiger partial charge in [0.2, 0.25) is 0 Å². The van der Waals surface area contributed by atoms with Gasteiger partial charge in [-0.2, -0.15) is 0 Å². The first-order valence-corrected chi connectivity index (χ1v) is 7.46. The molecule has 0 aromatic carbocycles. The van der Waals surface area contributed by atoms with Crippen molar-refractivity contribution >= 4 is 5.97 Å². The van der Waals surface area contributed by atoms with Gasteiger partial charge in [-0.1, -0.05) is 13.3 Å². The van der Waals surface area contributed by atoms with Gasteiger partial charge in [0.1, 0.15) is 5.54 Å². The van der Waals surface area contributed by atoms with Crippen LogP contribution in [0.3, 0.4) is 0 Å². The van der Waals surface area contributed by atoms with Crippen LogP contribution in [0.25, 0.3) is 0 Å². The second-order valence-corrected chi connectivity index (χ2v) is 6.14. The van der Waals surface area contributed by atoms with Crippen molar-refractivity contribution < 1.29 is 9.53 Å². The van der Waals surface area contributed by atoms with Crippen LogP contribution in [0.5, 0.6) is 0 Å². The van der Waals surface area contributed by atoms with Crippen LogP contribution in [0.1, 0.15) is 46.5 Å². The van der Waals surface area contributed by atoms with Gasteiger partial charge >= 0.3 is 5.97 Å². The van der Waals surface area contributed by atoms with E-state index in [9.17, 15) is 4.79 Å². The molecule has 0 bridgehead atoms. The Morgan fingerprint density at radius 1 is 1.53 bits per heavy atom. The molecule has 0 radical (unpaired) electrons. The molecule has 1 aliphatic rings. The van der Waals surface area contributed by atoms with Gasteiger partial charge < -0.3 is 15.0 Å². The van der Waals surface area contributed by atoms with E-state index in [-0.39, 0.29) is 5.97 Å². The van der Waals surface area contributed by atoms with E-state index in [0.717, 1.165) is 25.4 Å². The van der Waals surface area contributed by atoms with E-state index in [1.54, 1.807) is 0 Å². The number of carbonyl (C=O) groups is 1. The van der Waals surface area contributed by atoms with Gasteiger partial charge in [0.05, 0.1) is 7.11 Å². The Balaban J connectivity index is 2.53. The molecule has 0 heterocycles. The van der Waals surface area contributed by atoms with Crippen molar-refractivity contribution in [2.24, 2.45) is 5.92 Å². The molecule has 2 unspecified atom stereocenters. The predicted octanol–water partition coefficient (Wildman–Crippen LogP) is 2.04. The zero-order chi connectivity index (χ0) is 14.5. The lowest BCUT2D eigenvalue weighted by Crippen LogP contribution is -2.54. The SMILES string of the molecule is CCNC(C)(CC(C)N(C)CC1CCC1)C(=O)OC. The molecule has 19 heavy (non-hydrogen) atoms. The zero-order valence-corrected chi connectivity index (χ0v) is 13.2. The molecule has 1 aliphatic carbocycles. The van der Waals surface area contributed by atoms with E-state index < -0.39 is 5.54 Å². The lowest BCUT2D eigenvalue weighted by atomic mass is 9.84. The highest BCUT2D eigenvalue weighted by atomic mass is 16.5. The van der Waals surface area contributed by atoms with Crippen LogP contribution in [-0.4, -0.2) is 49.7 Å². The maximum absolute atomic E-state index is 12.0. The summed E-state index contributed by atoms with van der Waals surface area (Å²) < 4.78 is 4.94. The Labute approximate surface area is 117 Å². The Morgan fingerprint density at radius 2 is 2.16 bits per heavy atom. The number of nitrogens with zero attached hydrogens (tertiary/aromatic N) is 1. The average molecular weight is 270 g/mol. The monoisotopic (exact) mass is 270 g/mol. The second-order valence-electron chi connectivity index (χ2n) is 6.14. The van der Waals surface area contributed by atoms with Crippen molar-refractivity contribution in [3.05, 3.63) is 0 Å². The number of carbonyl (C=O) groups excluding carboxylic acids is 1. The van der Waals surface area contributed by atoms with E-state index in [1.165, 1.54) is 26.4 Å². The lowest BCUT2D eigenvalue weighted by Gasteiger charge is -2.37. The van der Waals surface area contributed by atoms with E-state index in [2.05, 4.69) is 24.2 Å². The van der Waals surface area contributed by atoms with Gasteiger partial charge in [-0.15, -0.1) is 0 Å². The number of esters is 1. The predicted molar refractivity (Wildman–Crippen MR) is 78.1 cm³/mol. The summed E-state index contributed by atoms with van der Waals surface area (Å²) >= 11 is 0. The van der Waals surface area contributed by atoms with Crippen LogP contribution < -0.4 is 5.32 Å². The van der Waals surface area contributed by atoms with Gasteiger partial charge in [-0.3, -0.25) is 4.79 Å². The fourth-order valence-electron chi connectivity index (χ4n) is 2.85. The third-order valence-corrected chi connectivity index (χ3v) is 4.43. The summed E-state index contributed by atoms with van der Waals surface area (Å²) in [4.78, 5) is 14.3. The van der Waals surface area contributed by atoms with Gasteiger partial charge in [0, 0.05) is 12.6 Å². The molecule has 0 spiro atoms. The van der Waals surface area contributed by atoms with Crippen LogP contribution in [0, 0.1) is 5.92 Å². The van der Waals surface area contributed by atoms with Crippen LogP contribution >= 0.6 is 0 Å². The summed E-state index contributed by atoms with van der Waals surface area (Å²) in [6.45, 7) is 8.06. The molecule has 0 amide bonds. The minimum absolute atomic E-state index is 0.168. The first-order chi connectivity index (χ1) is 8.92. The molecule has 0 aliphatic heterocycles. The molecule has 4 heteroatoms. The molecule has 1 rings (SSSR count). The molecule has 0 saturated heterocycles. The number of likely N-dealkylation sites (N-methyl/N-ethyl adjacent to an activating group) is 1. The van der Waals surface area contributed by atoms with Crippen molar-refractivity contribution in [2.75, 3.05) is 27.2 Å². The largest absolute Gasteiger partial charge is 0.468 e. The summed E-state index contributed by atoms with van der Waals surface area (Å²) in [5.74, 6) is 0.689. The van der Waals surface area contributed by atoms with Crippen molar-refractivity contribution in [2.45, 2.75) is 58.0 Å². The average Bonchev–Trinajstić information content (AvgIpc) is 2.32. The van der Waals surface area contributed by atoms with Crippen LogP contribution in [0.4, 0.5) is 0 Å². The molecule has 1 N–H and O–H groups in total. The maximum Gasteiger partial charge on any atom is 0.325 e. The number of hydrogen-bond acceptors (Lipinski definition) is 4. The fraction of sp³-hybridized carbons (Fsp3) is 0.933. The Hall–Kier alpha value is -0.610. The van der Waals surface area contributed by atoms with Crippen molar-refractivity contribution in [1.29, 1.82) is 0 Å². The van der Waals surface area contributed by atoms with Gasteiger partial charge in [-0.05, 0) is 52.6 Å². The number of nitrogens with one attached hydrogen (secondary N) is 1. The summed E-state index contributed by atoms with van der Waals surface area (Å²) in [7, 11) is 3.62. The minimum Gasteiger partial charge on any atom is -0.468 e. The number of hydrogen-bond donors (Lipinski definition) is 1. The number of rotatable bonds is 8. The summed E-state index contributed by atoms with van der Waals surface area (Å²) in [5.41, 5.74) is -0.587. The van der Waals surface area contributed by atoms with Crippen molar-refractivity contribution in [3.8, 4) is 0 Å². The highest BCUT2D eigenvalue weighted by molar-refractivity contribution is 5.80. The van der Waals surface area contributed by atoms with Gasteiger partial charge in [0.15, 0.2) is 0 Å². The zero-order valence-electron chi connectivity index (χ0n) is 13.2. The standard InChI is InChI=1S/C15H30N2O2/c1-6-16-15(3,14(18)19-5)10-12(2)17(4)11-13-8-7-9-13/h12-13,16H,6-11H2,1-5H3. The van der Waals surface area contributed by atoms with E-state index in [1.807, 2.05) is 13.8 Å². The number of ether oxygens (including phenoxy) is 1. The Bertz CT molecular complexity index is 292. The molecule has 112 valence electrons. The van der Waals surface area contributed by atoms with Crippen LogP contribution in [0.2, 0.25) is 0 Å². The highest BCUT2D eigenvalue weighted by Gasteiger charge is 2.36. The quantitative estimate of drug-likeness (QED) is 0.685. The highest BCUT2D eigenvalue weighted by Crippen LogP contribution is 2.28. The topological polar surface area (TPSA) is 41.6 Å². The molecule has 1 fully saturated rings. The maximum atomic E-state index is 12.0. The molecule has 0 aromatic heterocycles. The molecular weight excluding hydrogens is 240 g/mol. The van der Waals surface area contributed by atoms with Crippen molar-refractivity contribution in [1.82, 2.24) is 10.2 Å². The fourth-order valence-corrected chi connectivity index (χ4v) is 2.85. The third-order valence-electron chi connectivity index (χ3n) is 4.43. The van der Waals surface area contributed by atoms with Crippen LogP contribution in [-0.2, 0) is 9.53 Å². The normalized spacial score (nSPS) is 20.7. The molecule has 1 saturated carbocycles. The Morgan fingerprint density at radius 3 is 2.58 bits per heavy atom. The molecule has 4 nitrogen and oxygen atoms in total. The van der Waals surface area contributed by atoms with E-state index >= 15 is 0 Å². The van der Waals surface area contributed by atoms with Gasteiger partial charge in [-0.25, -0.2) is 0 Å². The molecule has 2 atom stereocenters. The van der Waals surface area contributed by atoms with Crippen molar-refractivity contribution in [3.63, 3.8) is 0 Å². The second kappa shape index (κ2) is 7.25. The van der Waals surface area contributed by atoms with E-state index in [4.69, 9.17) is 4.74 Å². The van der Waals surface area contributed by atoms with E-state index in [0.29, 0.717) is 6.04 Å². The molecular formula is C15H30N2O2.